The fourth-order valence-electron chi connectivity index (χ4n) is 1.58. The van der Waals surface area contributed by atoms with Crippen LogP contribution in [0.5, 0.6) is 0 Å². The van der Waals surface area contributed by atoms with Gasteiger partial charge in [0.15, 0.2) is 0 Å². The van der Waals surface area contributed by atoms with Crippen LogP contribution in [0.25, 0.3) is 0 Å². The Kier molecular flexibility index (Phi) is 4.96. The number of hydrogen-bond acceptors (Lipinski definition) is 0. The second kappa shape index (κ2) is 5.18. The molecule has 0 aromatic heterocycles. The predicted molar refractivity (Wildman–Crippen MR) is 55.9 cm³/mol. The van der Waals surface area contributed by atoms with Crippen LogP contribution in [0.15, 0.2) is 18.2 Å². The maximum atomic E-state index is 5.62. The molecule has 0 nitrogen and oxygen atoms in total. The van der Waals surface area contributed by atoms with Gasteiger partial charge < -0.3 is 0 Å². The lowest BCUT2D eigenvalue weighted by Gasteiger charge is -2.28. The van der Waals surface area contributed by atoms with E-state index in [2.05, 4.69) is 39.8 Å². The van der Waals surface area contributed by atoms with Crippen molar-refractivity contribution in [3.63, 3.8) is 0 Å². The molecular weight excluding hydrogens is 144 g/mol. The SMILES string of the molecule is [CH]=CC(CCC)C(C)(C)C=CC. The molecule has 1 unspecified atom stereocenters. The Labute approximate surface area is 77.4 Å². The van der Waals surface area contributed by atoms with Gasteiger partial charge in [-0.1, -0.05) is 52.0 Å². The topological polar surface area (TPSA) is 0 Å². The molecule has 1 atom stereocenters. The molecule has 1 radical (unpaired) electrons. The standard InChI is InChI=1S/C12H21/c1-6-9-11(8-3)12(4,5)10-7-2/h3,7-8,10-11H,6,9H2,1-2,4-5H3. The van der Waals surface area contributed by atoms with Gasteiger partial charge in [0.2, 0.25) is 0 Å². The minimum Gasteiger partial charge on any atom is -0.0911 e. The molecule has 0 heteroatoms. The van der Waals surface area contributed by atoms with Crippen molar-refractivity contribution < 1.29 is 0 Å². The van der Waals surface area contributed by atoms with Crippen molar-refractivity contribution in [2.24, 2.45) is 11.3 Å². The van der Waals surface area contributed by atoms with Crippen molar-refractivity contribution in [1.29, 1.82) is 0 Å². The van der Waals surface area contributed by atoms with Crippen LogP contribution in [0.3, 0.4) is 0 Å². The predicted octanol–water partition coefficient (Wildman–Crippen LogP) is 3.99. The van der Waals surface area contributed by atoms with Crippen LogP contribution in [-0.2, 0) is 0 Å². The summed E-state index contributed by atoms with van der Waals surface area (Å²) in [5.41, 5.74) is 0.208. The van der Waals surface area contributed by atoms with E-state index in [-0.39, 0.29) is 5.41 Å². The molecule has 0 saturated heterocycles. The summed E-state index contributed by atoms with van der Waals surface area (Å²) in [4.78, 5) is 0. The van der Waals surface area contributed by atoms with E-state index in [0.717, 1.165) is 0 Å². The summed E-state index contributed by atoms with van der Waals surface area (Å²) in [6.07, 6.45) is 8.54. The van der Waals surface area contributed by atoms with E-state index in [1.807, 2.05) is 6.08 Å². The maximum Gasteiger partial charge on any atom is -0.0112 e. The van der Waals surface area contributed by atoms with E-state index >= 15 is 0 Å². The lowest BCUT2D eigenvalue weighted by atomic mass is 9.76. The largest absolute Gasteiger partial charge is 0.0911 e. The Hall–Kier alpha value is -0.520. The molecule has 0 aliphatic rings. The van der Waals surface area contributed by atoms with Gasteiger partial charge in [-0.3, -0.25) is 0 Å². The van der Waals surface area contributed by atoms with Crippen LogP contribution in [0.1, 0.15) is 40.5 Å². The fourth-order valence-corrected chi connectivity index (χ4v) is 1.58. The Balaban J connectivity index is 4.35. The normalized spacial score (nSPS) is 15.0. The van der Waals surface area contributed by atoms with Crippen LogP contribution < -0.4 is 0 Å². The Morgan fingerprint density at radius 3 is 2.33 bits per heavy atom. The van der Waals surface area contributed by atoms with Gasteiger partial charge in [0.1, 0.15) is 0 Å². The van der Waals surface area contributed by atoms with Crippen molar-refractivity contribution in [2.45, 2.75) is 40.5 Å². The van der Waals surface area contributed by atoms with Crippen LogP contribution in [0, 0.1) is 17.9 Å². The Bertz CT molecular complexity index is 151. The molecule has 0 heterocycles. The van der Waals surface area contributed by atoms with Crippen molar-refractivity contribution in [3.8, 4) is 0 Å². The van der Waals surface area contributed by atoms with Crippen molar-refractivity contribution in [3.05, 3.63) is 24.8 Å². The average molecular weight is 165 g/mol. The molecule has 0 aromatic carbocycles. The summed E-state index contributed by atoms with van der Waals surface area (Å²) in [6.45, 7) is 14.3. The van der Waals surface area contributed by atoms with Gasteiger partial charge in [0.25, 0.3) is 0 Å². The molecule has 0 N–H and O–H groups in total. The molecule has 0 bridgehead atoms. The lowest BCUT2D eigenvalue weighted by Crippen LogP contribution is -2.19. The first kappa shape index (κ1) is 11.5. The van der Waals surface area contributed by atoms with Gasteiger partial charge in [0, 0.05) is 0 Å². The first-order valence-electron chi connectivity index (χ1n) is 4.77. The first-order valence-corrected chi connectivity index (χ1v) is 4.77. The zero-order valence-electron chi connectivity index (χ0n) is 8.80. The van der Waals surface area contributed by atoms with Crippen LogP contribution in [0.4, 0.5) is 0 Å². The van der Waals surface area contributed by atoms with Crippen LogP contribution in [-0.4, -0.2) is 0 Å². The van der Waals surface area contributed by atoms with Gasteiger partial charge in [-0.15, -0.1) is 0 Å². The number of rotatable bonds is 5. The maximum absolute atomic E-state index is 5.62. The highest BCUT2D eigenvalue weighted by atomic mass is 14.3. The second-order valence-electron chi connectivity index (χ2n) is 3.91. The fraction of sp³-hybridized carbons (Fsp3) is 0.667. The summed E-state index contributed by atoms with van der Waals surface area (Å²) in [5, 5.41) is 0. The zero-order valence-corrected chi connectivity index (χ0v) is 8.80. The molecule has 0 aliphatic carbocycles. The molecule has 0 spiro atoms. The Morgan fingerprint density at radius 1 is 1.42 bits per heavy atom. The molecule has 0 rings (SSSR count). The molecule has 0 saturated carbocycles. The first-order chi connectivity index (χ1) is 5.58. The average Bonchev–Trinajstić information content (AvgIpc) is 1.99. The third kappa shape index (κ3) is 3.25. The van der Waals surface area contributed by atoms with E-state index in [1.54, 1.807) is 0 Å². The van der Waals surface area contributed by atoms with Gasteiger partial charge in [-0.05, 0) is 24.7 Å². The molecule has 0 amide bonds. The van der Waals surface area contributed by atoms with Gasteiger partial charge >= 0.3 is 0 Å². The van der Waals surface area contributed by atoms with Crippen molar-refractivity contribution in [2.75, 3.05) is 0 Å². The number of allylic oxidation sites excluding steroid dienone is 3. The molecule has 0 aliphatic heterocycles. The highest BCUT2D eigenvalue weighted by Gasteiger charge is 2.22. The quantitative estimate of drug-likeness (QED) is 0.540. The van der Waals surface area contributed by atoms with Gasteiger partial charge in [-0.2, -0.15) is 0 Å². The number of hydrogen-bond donors (Lipinski definition) is 0. The summed E-state index contributed by atoms with van der Waals surface area (Å²) in [6, 6.07) is 0. The molecule has 0 fully saturated rings. The smallest absolute Gasteiger partial charge is 0.0112 e. The second-order valence-corrected chi connectivity index (χ2v) is 3.91. The summed E-state index contributed by atoms with van der Waals surface area (Å²) < 4.78 is 0. The van der Waals surface area contributed by atoms with Crippen LogP contribution >= 0.6 is 0 Å². The summed E-state index contributed by atoms with van der Waals surface area (Å²) >= 11 is 0. The minimum atomic E-state index is 0.208. The summed E-state index contributed by atoms with van der Waals surface area (Å²) in [5.74, 6) is 0.499. The zero-order chi connectivity index (χ0) is 9.61. The monoisotopic (exact) mass is 165 g/mol. The van der Waals surface area contributed by atoms with E-state index < -0.39 is 0 Å². The van der Waals surface area contributed by atoms with E-state index in [9.17, 15) is 0 Å². The molecule has 12 heavy (non-hydrogen) atoms. The Morgan fingerprint density at radius 2 is 2.00 bits per heavy atom. The molecule has 0 aromatic rings. The van der Waals surface area contributed by atoms with Gasteiger partial charge in [-0.25, -0.2) is 0 Å². The highest BCUT2D eigenvalue weighted by molar-refractivity contribution is 5.01. The van der Waals surface area contributed by atoms with Crippen molar-refractivity contribution >= 4 is 0 Å². The third-order valence-corrected chi connectivity index (χ3v) is 2.38. The highest BCUT2D eigenvalue weighted by Crippen LogP contribution is 2.32. The lowest BCUT2D eigenvalue weighted by molar-refractivity contribution is 0.322. The van der Waals surface area contributed by atoms with E-state index in [1.165, 1.54) is 12.8 Å². The summed E-state index contributed by atoms with van der Waals surface area (Å²) in [7, 11) is 0. The van der Waals surface area contributed by atoms with E-state index in [4.69, 9.17) is 6.58 Å². The van der Waals surface area contributed by atoms with Crippen LogP contribution in [0.2, 0.25) is 0 Å². The minimum absolute atomic E-state index is 0.208. The third-order valence-electron chi connectivity index (χ3n) is 2.38. The van der Waals surface area contributed by atoms with E-state index in [0.29, 0.717) is 5.92 Å². The molecular formula is C12H21. The van der Waals surface area contributed by atoms with Crippen molar-refractivity contribution in [1.82, 2.24) is 0 Å². The molecule has 69 valence electrons. The van der Waals surface area contributed by atoms with Gasteiger partial charge in [0.05, 0.1) is 0 Å².